The first-order chi connectivity index (χ1) is 16.7. The number of sulfonamides is 1. The molecule has 0 saturated heterocycles. The number of nitrogens with one attached hydrogen (secondary N) is 2. The summed E-state index contributed by atoms with van der Waals surface area (Å²) in [6.45, 7) is 5.67. The molecule has 1 fully saturated rings. The Labute approximate surface area is 203 Å². The number of hydrogen-bond acceptors (Lipinski definition) is 9. The van der Waals surface area contributed by atoms with Crippen LogP contribution in [0.2, 0.25) is 0 Å². The van der Waals surface area contributed by atoms with Crippen LogP contribution in [0, 0.1) is 0 Å². The van der Waals surface area contributed by atoms with Crippen molar-refractivity contribution in [1.82, 2.24) is 24.9 Å². The van der Waals surface area contributed by atoms with Crippen LogP contribution < -0.4 is 14.8 Å². The van der Waals surface area contributed by atoms with Crippen LogP contribution in [0.1, 0.15) is 51.6 Å². The number of nitrogens with zero attached hydrogens (tertiary/aromatic N) is 5. The van der Waals surface area contributed by atoms with Crippen LogP contribution in [0.3, 0.4) is 0 Å². The van der Waals surface area contributed by atoms with E-state index in [2.05, 4.69) is 35.0 Å². The second-order valence-electron chi connectivity index (χ2n) is 8.44. The molecule has 11 nitrogen and oxygen atoms in total. The van der Waals surface area contributed by atoms with Gasteiger partial charge in [0.25, 0.3) is 0 Å². The van der Waals surface area contributed by atoms with Crippen LogP contribution in [-0.2, 0) is 14.8 Å². The molecule has 1 amide bonds. The smallest absolute Gasteiger partial charge is 0.237 e. The van der Waals surface area contributed by atoms with Crippen molar-refractivity contribution in [1.29, 1.82) is 0 Å². The predicted octanol–water partition coefficient (Wildman–Crippen LogP) is 3.15. The number of ether oxygens (including phenoxy) is 1. The summed E-state index contributed by atoms with van der Waals surface area (Å²) < 4.78 is 32.4. The summed E-state index contributed by atoms with van der Waals surface area (Å²) in [6, 6.07) is 5.05. The summed E-state index contributed by atoms with van der Waals surface area (Å²) >= 11 is 0. The van der Waals surface area contributed by atoms with Gasteiger partial charge in [0.15, 0.2) is 0 Å². The van der Waals surface area contributed by atoms with Crippen LogP contribution in [0.4, 0.5) is 11.8 Å². The zero-order valence-electron chi connectivity index (χ0n) is 19.7. The lowest BCUT2D eigenvalue weighted by Crippen LogP contribution is -2.23. The molecule has 1 aliphatic carbocycles. The minimum atomic E-state index is -3.50. The molecule has 35 heavy (non-hydrogen) atoms. The molecule has 2 N–H and O–H groups in total. The van der Waals surface area contributed by atoms with Crippen molar-refractivity contribution in [3.8, 4) is 17.1 Å². The van der Waals surface area contributed by atoms with Crippen LogP contribution in [0.5, 0.6) is 5.88 Å². The van der Waals surface area contributed by atoms with E-state index in [-0.39, 0.29) is 18.0 Å². The molecule has 4 rings (SSSR count). The van der Waals surface area contributed by atoms with Crippen molar-refractivity contribution >= 4 is 27.7 Å². The summed E-state index contributed by atoms with van der Waals surface area (Å²) in [5, 5.41) is 2.40. The van der Waals surface area contributed by atoms with Gasteiger partial charge in [-0.25, -0.2) is 28.4 Å². The van der Waals surface area contributed by atoms with E-state index in [1.165, 1.54) is 6.20 Å². The number of hydrogen-bond donors (Lipinski definition) is 2. The van der Waals surface area contributed by atoms with Crippen molar-refractivity contribution in [2.75, 3.05) is 10.0 Å². The Morgan fingerprint density at radius 2 is 1.91 bits per heavy atom. The van der Waals surface area contributed by atoms with Crippen molar-refractivity contribution in [3.05, 3.63) is 48.7 Å². The van der Waals surface area contributed by atoms with E-state index in [0.29, 0.717) is 42.3 Å². The molecule has 3 heterocycles. The highest BCUT2D eigenvalue weighted by Crippen LogP contribution is 2.29. The molecule has 3 aromatic rings. The minimum Gasteiger partial charge on any atom is -0.474 e. The highest BCUT2D eigenvalue weighted by atomic mass is 32.2. The van der Waals surface area contributed by atoms with E-state index in [4.69, 9.17) is 4.74 Å². The van der Waals surface area contributed by atoms with Gasteiger partial charge in [0.05, 0.1) is 41.1 Å². The Kier molecular flexibility index (Phi) is 7.20. The van der Waals surface area contributed by atoms with E-state index in [1.54, 1.807) is 36.8 Å². The number of pyridine rings is 1. The fourth-order valence-corrected chi connectivity index (χ4v) is 4.63. The first kappa shape index (κ1) is 24.5. The van der Waals surface area contributed by atoms with Gasteiger partial charge in [-0.1, -0.05) is 6.92 Å². The van der Waals surface area contributed by atoms with Crippen molar-refractivity contribution < 1.29 is 17.9 Å². The summed E-state index contributed by atoms with van der Waals surface area (Å²) in [6.07, 6.45) is 7.88. The van der Waals surface area contributed by atoms with E-state index in [9.17, 15) is 13.2 Å². The average Bonchev–Trinajstić information content (AvgIpc) is 3.66. The summed E-state index contributed by atoms with van der Waals surface area (Å²) in [7, 11) is -3.50. The van der Waals surface area contributed by atoms with Gasteiger partial charge in [-0.3, -0.25) is 14.5 Å². The topological polar surface area (TPSA) is 149 Å². The van der Waals surface area contributed by atoms with Crippen LogP contribution >= 0.6 is 0 Å². The molecule has 184 valence electrons. The van der Waals surface area contributed by atoms with Crippen molar-refractivity contribution in [3.63, 3.8) is 0 Å². The molecule has 0 aliphatic heterocycles. The third-order valence-electron chi connectivity index (χ3n) is 5.24. The zero-order chi connectivity index (χ0) is 25.0. The lowest BCUT2D eigenvalue weighted by Gasteiger charge is -2.15. The normalized spacial score (nSPS) is 14.4. The van der Waals surface area contributed by atoms with Crippen molar-refractivity contribution in [2.45, 2.75) is 57.3 Å². The van der Waals surface area contributed by atoms with Gasteiger partial charge >= 0.3 is 0 Å². The third kappa shape index (κ3) is 6.27. The number of carbonyl (C=O) groups excluding carboxylic acids is 1. The molecule has 0 radical (unpaired) electrons. The molecule has 0 spiro atoms. The fourth-order valence-electron chi connectivity index (χ4n) is 3.35. The Bertz CT molecular complexity index is 1300. The lowest BCUT2D eigenvalue weighted by atomic mass is 10.0. The number of amides is 1. The molecule has 0 aromatic carbocycles. The SMILES string of the molecule is CCC(C(=O)Nc1ccc(-c2cncc(OC(C)C)n2)cn1)c1ccnc(NS(=O)(=O)C2CC2)n1. The number of rotatable bonds is 10. The van der Waals surface area contributed by atoms with Gasteiger partial charge in [-0.15, -0.1) is 0 Å². The largest absolute Gasteiger partial charge is 0.474 e. The quantitative estimate of drug-likeness (QED) is 0.431. The zero-order valence-corrected chi connectivity index (χ0v) is 20.5. The molecule has 1 atom stereocenters. The van der Waals surface area contributed by atoms with Crippen molar-refractivity contribution in [2.24, 2.45) is 0 Å². The minimum absolute atomic E-state index is 0.0221. The van der Waals surface area contributed by atoms with E-state index < -0.39 is 21.2 Å². The van der Waals surface area contributed by atoms with E-state index in [1.807, 2.05) is 20.8 Å². The lowest BCUT2D eigenvalue weighted by molar-refractivity contribution is -0.117. The summed E-state index contributed by atoms with van der Waals surface area (Å²) in [4.78, 5) is 34.1. The Hall–Kier alpha value is -3.67. The Balaban J connectivity index is 1.44. The Morgan fingerprint density at radius 3 is 2.57 bits per heavy atom. The molecule has 3 aromatic heterocycles. The number of anilines is 2. The molecule has 1 saturated carbocycles. The maximum Gasteiger partial charge on any atom is 0.237 e. The highest BCUT2D eigenvalue weighted by Gasteiger charge is 2.36. The van der Waals surface area contributed by atoms with Gasteiger partial charge in [-0.2, -0.15) is 0 Å². The number of carbonyl (C=O) groups is 1. The molecular weight excluding hydrogens is 470 g/mol. The van der Waals surface area contributed by atoms with Gasteiger partial charge in [-0.05, 0) is 51.3 Å². The number of aromatic nitrogens is 5. The van der Waals surface area contributed by atoms with Crippen LogP contribution in [0.25, 0.3) is 11.3 Å². The molecule has 1 unspecified atom stereocenters. The average molecular weight is 498 g/mol. The predicted molar refractivity (Wildman–Crippen MR) is 130 cm³/mol. The molecule has 12 heteroatoms. The highest BCUT2D eigenvalue weighted by molar-refractivity contribution is 7.93. The second-order valence-corrected chi connectivity index (χ2v) is 10.4. The molecule has 1 aliphatic rings. The maximum absolute atomic E-state index is 13.0. The summed E-state index contributed by atoms with van der Waals surface area (Å²) in [5.41, 5.74) is 1.74. The molecule has 0 bridgehead atoms. The van der Waals surface area contributed by atoms with Gasteiger partial charge in [0, 0.05) is 18.0 Å². The van der Waals surface area contributed by atoms with Gasteiger partial charge in [0.2, 0.25) is 27.8 Å². The monoisotopic (exact) mass is 497 g/mol. The van der Waals surface area contributed by atoms with E-state index >= 15 is 0 Å². The van der Waals surface area contributed by atoms with Gasteiger partial charge < -0.3 is 10.1 Å². The first-order valence-electron chi connectivity index (χ1n) is 11.4. The Morgan fingerprint density at radius 1 is 1.11 bits per heavy atom. The standard InChI is InChI=1S/C23H27N7O4S/c1-4-17(18-9-10-25-23(28-18)30-35(32,33)16-6-7-16)22(31)29-20-8-5-15(11-26-20)19-12-24-13-21(27-19)34-14(2)3/h5,8-14,16-17H,4,6-7H2,1-3H3,(H,25,28,30)(H,26,29,31). The summed E-state index contributed by atoms with van der Waals surface area (Å²) in [5.74, 6) is -0.172. The second kappa shape index (κ2) is 10.3. The molecular formula is C23H27N7O4S. The fraction of sp³-hybridized carbons (Fsp3) is 0.391. The van der Waals surface area contributed by atoms with Crippen LogP contribution in [-0.4, -0.2) is 50.6 Å². The first-order valence-corrected chi connectivity index (χ1v) is 12.9. The van der Waals surface area contributed by atoms with E-state index in [0.717, 1.165) is 5.56 Å². The maximum atomic E-state index is 13.0. The van der Waals surface area contributed by atoms with Crippen LogP contribution in [0.15, 0.2) is 43.0 Å². The van der Waals surface area contributed by atoms with Gasteiger partial charge in [0.1, 0.15) is 5.82 Å². The third-order valence-corrected chi connectivity index (χ3v) is 7.05.